The molecule has 0 bridgehead atoms. The van der Waals surface area contributed by atoms with Gasteiger partial charge in [-0.15, -0.1) is 0 Å². The molecular weight excluding hydrogens is 176 g/mol. The van der Waals surface area contributed by atoms with Crippen LogP contribution in [0.15, 0.2) is 24.3 Å². The van der Waals surface area contributed by atoms with Crippen LogP contribution in [0.25, 0.3) is 0 Å². The molecule has 0 saturated heterocycles. The van der Waals surface area contributed by atoms with E-state index in [9.17, 15) is 4.79 Å². The van der Waals surface area contributed by atoms with Gasteiger partial charge in [0.2, 0.25) is 0 Å². The number of rotatable bonds is 4. The molecule has 0 atom stereocenters. The Morgan fingerprint density at radius 1 is 1.36 bits per heavy atom. The van der Waals surface area contributed by atoms with E-state index in [-0.39, 0.29) is 11.6 Å². The van der Waals surface area contributed by atoms with Crippen molar-refractivity contribution in [2.45, 2.75) is 19.8 Å². The van der Waals surface area contributed by atoms with E-state index in [0.717, 1.165) is 17.5 Å². The standard InChI is InChI=1S/C11H14N2O/c1-8(14)2-3-9-4-6-10(7-5-9)11(12)13/h4-7H,2-3H2,1H3,(H3,12,13). The van der Waals surface area contributed by atoms with E-state index in [0.29, 0.717) is 6.42 Å². The summed E-state index contributed by atoms with van der Waals surface area (Å²) in [6, 6.07) is 7.41. The second-order valence-corrected chi connectivity index (χ2v) is 3.31. The van der Waals surface area contributed by atoms with E-state index in [1.165, 1.54) is 0 Å². The van der Waals surface area contributed by atoms with Crippen LogP contribution in [0.2, 0.25) is 0 Å². The minimum absolute atomic E-state index is 0.0723. The number of carbonyl (C=O) groups is 1. The van der Waals surface area contributed by atoms with Gasteiger partial charge in [-0.3, -0.25) is 5.41 Å². The average molecular weight is 190 g/mol. The second kappa shape index (κ2) is 4.56. The highest BCUT2D eigenvalue weighted by Gasteiger charge is 1.98. The summed E-state index contributed by atoms with van der Waals surface area (Å²) in [7, 11) is 0. The highest BCUT2D eigenvalue weighted by Crippen LogP contribution is 2.06. The molecule has 3 N–H and O–H groups in total. The second-order valence-electron chi connectivity index (χ2n) is 3.31. The number of carbonyl (C=O) groups excluding carboxylic acids is 1. The molecule has 0 saturated carbocycles. The van der Waals surface area contributed by atoms with Crippen LogP contribution in [0.1, 0.15) is 24.5 Å². The first-order valence-corrected chi connectivity index (χ1v) is 4.52. The summed E-state index contributed by atoms with van der Waals surface area (Å²) < 4.78 is 0. The lowest BCUT2D eigenvalue weighted by Crippen LogP contribution is -2.10. The van der Waals surface area contributed by atoms with Gasteiger partial charge < -0.3 is 10.5 Å². The van der Waals surface area contributed by atoms with Crippen molar-refractivity contribution < 1.29 is 4.79 Å². The summed E-state index contributed by atoms with van der Waals surface area (Å²) in [5.74, 6) is 0.267. The maximum Gasteiger partial charge on any atom is 0.130 e. The zero-order valence-electron chi connectivity index (χ0n) is 8.21. The molecule has 0 fully saturated rings. The Morgan fingerprint density at radius 3 is 2.36 bits per heavy atom. The molecule has 1 aromatic carbocycles. The van der Waals surface area contributed by atoms with Gasteiger partial charge in [-0.25, -0.2) is 0 Å². The third-order valence-electron chi connectivity index (χ3n) is 2.03. The number of Topliss-reactive ketones (excluding diaryl/α,β-unsaturated/α-hetero) is 1. The lowest BCUT2D eigenvalue weighted by molar-refractivity contribution is -0.116. The minimum atomic E-state index is 0.0723. The molecule has 0 spiro atoms. The van der Waals surface area contributed by atoms with E-state index in [1.54, 1.807) is 19.1 Å². The Labute approximate surface area is 83.4 Å². The largest absolute Gasteiger partial charge is 0.384 e. The van der Waals surface area contributed by atoms with Crippen molar-refractivity contribution in [1.82, 2.24) is 0 Å². The van der Waals surface area contributed by atoms with E-state index in [4.69, 9.17) is 11.1 Å². The number of ketones is 1. The van der Waals surface area contributed by atoms with Crippen molar-refractivity contribution in [3.05, 3.63) is 35.4 Å². The molecule has 14 heavy (non-hydrogen) atoms. The van der Waals surface area contributed by atoms with E-state index in [1.807, 2.05) is 12.1 Å². The molecule has 0 aliphatic rings. The first-order chi connectivity index (χ1) is 6.59. The number of nitrogen functional groups attached to an aromatic ring is 1. The molecule has 74 valence electrons. The number of nitrogens with two attached hydrogens (primary N) is 1. The van der Waals surface area contributed by atoms with Crippen molar-refractivity contribution in [1.29, 1.82) is 5.41 Å². The molecular formula is C11H14N2O. The highest BCUT2D eigenvalue weighted by atomic mass is 16.1. The Bertz CT molecular complexity index is 341. The van der Waals surface area contributed by atoms with Gasteiger partial charge in [-0.05, 0) is 18.9 Å². The van der Waals surface area contributed by atoms with Gasteiger partial charge in [-0.2, -0.15) is 0 Å². The zero-order valence-corrected chi connectivity index (χ0v) is 8.21. The predicted molar refractivity (Wildman–Crippen MR) is 56.5 cm³/mol. The van der Waals surface area contributed by atoms with E-state index >= 15 is 0 Å². The third kappa shape index (κ3) is 3.01. The Balaban J connectivity index is 2.64. The van der Waals surface area contributed by atoms with Crippen molar-refractivity contribution >= 4 is 11.6 Å². The number of amidine groups is 1. The smallest absolute Gasteiger partial charge is 0.130 e. The Kier molecular flexibility index (Phi) is 3.40. The van der Waals surface area contributed by atoms with Crippen LogP contribution in [0, 0.1) is 5.41 Å². The number of hydrogen-bond acceptors (Lipinski definition) is 2. The molecule has 1 aromatic rings. The molecule has 0 aliphatic heterocycles. The molecule has 0 heterocycles. The Morgan fingerprint density at radius 2 is 1.93 bits per heavy atom. The van der Waals surface area contributed by atoms with Gasteiger partial charge in [0.1, 0.15) is 11.6 Å². The number of nitrogens with one attached hydrogen (secondary N) is 1. The van der Waals surface area contributed by atoms with Crippen molar-refractivity contribution in [2.24, 2.45) is 5.73 Å². The molecule has 3 nitrogen and oxygen atoms in total. The van der Waals surface area contributed by atoms with Crippen LogP contribution in [0.3, 0.4) is 0 Å². The molecule has 1 rings (SSSR count). The van der Waals surface area contributed by atoms with Crippen LogP contribution in [-0.4, -0.2) is 11.6 Å². The van der Waals surface area contributed by atoms with Gasteiger partial charge in [0.05, 0.1) is 0 Å². The minimum Gasteiger partial charge on any atom is -0.384 e. The number of aryl methyl sites for hydroxylation is 1. The monoisotopic (exact) mass is 190 g/mol. The van der Waals surface area contributed by atoms with Crippen LogP contribution in [0.5, 0.6) is 0 Å². The molecule has 0 aliphatic carbocycles. The third-order valence-corrected chi connectivity index (χ3v) is 2.03. The maximum atomic E-state index is 10.7. The fourth-order valence-electron chi connectivity index (χ4n) is 1.17. The molecule has 0 aromatic heterocycles. The van der Waals surface area contributed by atoms with Crippen LogP contribution in [-0.2, 0) is 11.2 Å². The van der Waals surface area contributed by atoms with Gasteiger partial charge in [0.25, 0.3) is 0 Å². The van der Waals surface area contributed by atoms with Crippen molar-refractivity contribution in [2.75, 3.05) is 0 Å². The highest BCUT2D eigenvalue weighted by molar-refractivity contribution is 5.94. The van der Waals surface area contributed by atoms with E-state index in [2.05, 4.69) is 0 Å². The van der Waals surface area contributed by atoms with Crippen LogP contribution < -0.4 is 5.73 Å². The first-order valence-electron chi connectivity index (χ1n) is 4.52. The SMILES string of the molecule is CC(=O)CCc1ccc(C(=N)N)cc1. The van der Waals surface area contributed by atoms with Crippen molar-refractivity contribution in [3.63, 3.8) is 0 Å². The molecule has 3 heteroatoms. The number of hydrogen-bond donors (Lipinski definition) is 2. The number of benzene rings is 1. The Hall–Kier alpha value is -1.64. The van der Waals surface area contributed by atoms with Gasteiger partial charge >= 0.3 is 0 Å². The summed E-state index contributed by atoms with van der Waals surface area (Å²) in [5, 5.41) is 7.20. The van der Waals surface area contributed by atoms with E-state index < -0.39 is 0 Å². The molecule has 0 amide bonds. The predicted octanol–water partition coefficient (Wildman–Crippen LogP) is 1.49. The lowest BCUT2D eigenvalue weighted by atomic mass is 10.1. The zero-order chi connectivity index (χ0) is 10.6. The molecule has 0 radical (unpaired) electrons. The fourth-order valence-corrected chi connectivity index (χ4v) is 1.17. The van der Waals surface area contributed by atoms with Crippen LogP contribution >= 0.6 is 0 Å². The van der Waals surface area contributed by atoms with Gasteiger partial charge in [0.15, 0.2) is 0 Å². The fraction of sp³-hybridized carbons (Fsp3) is 0.273. The lowest BCUT2D eigenvalue weighted by Gasteiger charge is -2.01. The summed E-state index contributed by atoms with van der Waals surface area (Å²) in [4.78, 5) is 10.7. The van der Waals surface area contributed by atoms with Crippen molar-refractivity contribution in [3.8, 4) is 0 Å². The summed E-state index contributed by atoms with van der Waals surface area (Å²) >= 11 is 0. The topological polar surface area (TPSA) is 66.9 Å². The van der Waals surface area contributed by atoms with Gasteiger partial charge in [-0.1, -0.05) is 24.3 Å². The quantitative estimate of drug-likeness (QED) is 0.558. The van der Waals surface area contributed by atoms with Gasteiger partial charge in [0, 0.05) is 12.0 Å². The summed E-state index contributed by atoms with van der Waals surface area (Å²) in [6.07, 6.45) is 1.33. The van der Waals surface area contributed by atoms with Crippen LogP contribution in [0.4, 0.5) is 0 Å². The summed E-state index contributed by atoms with van der Waals surface area (Å²) in [6.45, 7) is 1.59. The molecule has 0 unspecified atom stereocenters. The maximum absolute atomic E-state index is 10.7. The average Bonchev–Trinajstić information content (AvgIpc) is 2.15. The summed E-state index contributed by atoms with van der Waals surface area (Å²) in [5.41, 5.74) is 7.14. The normalized spacial score (nSPS) is 9.79. The first kappa shape index (κ1) is 10.4.